The maximum atomic E-state index is 12.8. The molecule has 5 nitrogen and oxygen atoms in total. The third-order valence-corrected chi connectivity index (χ3v) is 4.53. The van der Waals surface area contributed by atoms with E-state index in [2.05, 4.69) is 15.5 Å². The van der Waals surface area contributed by atoms with Crippen LogP contribution in [-0.4, -0.2) is 16.0 Å². The second-order valence-electron chi connectivity index (χ2n) is 5.74. The average Bonchev–Trinajstić information content (AvgIpc) is 3.12. The van der Waals surface area contributed by atoms with Crippen LogP contribution in [-0.2, 0) is 17.4 Å². The number of aromatic nitrogens is 2. The van der Waals surface area contributed by atoms with Gasteiger partial charge in [-0.1, -0.05) is 46.6 Å². The molecular formula is C18H12Cl2F3N3O2. The molecule has 146 valence electrons. The van der Waals surface area contributed by atoms with E-state index in [1.54, 1.807) is 18.2 Å². The van der Waals surface area contributed by atoms with Crippen molar-refractivity contribution in [1.82, 2.24) is 10.1 Å². The van der Waals surface area contributed by atoms with Gasteiger partial charge in [0.1, 0.15) is 0 Å². The topological polar surface area (TPSA) is 68.0 Å². The fourth-order valence-corrected chi connectivity index (χ4v) is 2.69. The van der Waals surface area contributed by atoms with Crippen molar-refractivity contribution in [1.29, 1.82) is 0 Å². The highest BCUT2D eigenvalue weighted by Crippen LogP contribution is 2.32. The summed E-state index contributed by atoms with van der Waals surface area (Å²) in [5.41, 5.74) is -0.275. The van der Waals surface area contributed by atoms with Crippen LogP contribution >= 0.6 is 23.2 Å². The predicted molar refractivity (Wildman–Crippen MR) is 98.1 cm³/mol. The van der Waals surface area contributed by atoms with Crippen LogP contribution in [0.4, 0.5) is 18.9 Å². The van der Waals surface area contributed by atoms with Crippen LogP contribution < -0.4 is 5.32 Å². The minimum absolute atomic E-state index is 0.00701. The third kappa shape index (κ3) is 4.82. The molecule has 1 amide bonds. The highest BCUT2D eigenvalue weighted by atomic mass is 35.5. The van der Waals surface area contributed by atoms with Gasteiger partial charge < -0.3 is 9.84 Å². The lowest BCUT2D eigenvalue weighted by Gasteiger charge is -2.07. The third-order valence-electron chi connectivity index (χ3n) is 3.71. The van der Waals surface area contributed by atoms with Crippen molar-refractivity contribution in [3.63, 3.8) is 0 Å². The second kappa shape index (κ2) is 8.20. The number of nitrogens with one attached hydrogen (secondary N) is 1. The number of halogens is 5. The van der Waals surface area contributed by atoms with Crippen molar-refractivity contribution in [2.75, 3.05) is 5.32 Å². The van der Waals surface area contributed by atoms with Gasteiger partial charge >= 0.3 is 6.18 Å². The Morgan fingerprint density at radius 1 is 1.14 bits per heavy atom. The van der Waals surface area contributed by atoms with Gasteiger partial charge in [0.05, 0.1) is 21.3 Å². The summed E-state index contributed by atoms with van der Waals surface area (Å²) in [6.07, 6.45) is -4.36. The first-order valence-corrected chi connectivity index (χ1v) is 8.73. The molecule has 0 unspecified atom stereocenters. The van der Waals surface area contributed by atoms with Crippen LogP contribution in [0.3, 0.4) is 0 Å². The second-order valence-corrected chi connectivity index (χ2v) is 6.53. The van der Waals surface area contributed by atoms with Gasteiger partial charge in [0.25, 0.3) is 0 Å². The molecule has 10 heteroatoms. The largest absolute Gasteiger partial charge is 0.416 e. The van der Waals surface area contributed by atoms with Crippen molar-refractivity contribution in [2.45, 2.75) is 19.0 Å². The summed E-state index contributed by atoms with van der Waals surface area (Å²) in [6.45, 7) is 0. The van der Waals surface area contributed by atoms with Crippen LogP contribution in [0, 0.1) is 0 Å². The number of hydrogen-bond acceptors (Lipinski definition) is 4. The Kier molecular flexibility index (Phi) is 5.90. The molecule has 0 radical (unpaired) electrons. The number of carbonyl (C=O) groups is 1. The Balaban J connectivity index is 1.64. The van der Waals surface area contributed by atoms with E-state index in [-0.39, 0.29) is 41.1 Å². The number of anilines is 1. The van der Waals surface area contributed by atoms with Gasteiger partial charge in [0.15, 0.2) is 0 Å². The Morgan fingerprint density at radius 2 is 1.89 bits per heavy atom. The molecule has 0 aliphatic heterocycles. The van der Waals surface area contributed by atoms with Gasteiger partial charge in [-0.25, -0.2) is 0 Å². The van der Waals surface area contributed by atoms with Gasteiger partial charge in [-0.2, -0.15) is 18.2 Å². The number of nitrogens with zero attached hydrogens (tertiary/aromatic N) is 2. The quantitative estimate of drug-likeness (QED) is 0.570. The summed E-state index contributed by atoms with van der Waals surface area (Å²) in [6, 6.07) is 9.42. The smallest absolute Gasteiger partial charge is 0.339 e. The SMILES string of the molecule is O=C(CCc1nc(-c2cccc(C(F)(F)F)c2)no1)Nc1cccc(Cl)c1Cl. The van der Waals surface area contributed by atoms with E-state index in [1.807, 2.05) is 0 Å². The number of amides is 1. The van der Waals surface area contributed by atoms with Crippen LogP contribution in [0.5, 0.6) is 0 Å². The molecule has 1 aromatic heterocycles. The number of carbonyl (C=O) groups excluding carboxylic acids is 1. The first kappa shape index (κ1) is 20.2. The summed E-state index contributed by atoms with van der Waals surface area (Å²) in [7, 11) is 0. The lowest BCUT2D eigenvalue weighted by Crippen LogP contribution is -2.12. The van der Waals surface area contributed by atoms with Gasteiger partial charge in [0.2, 0.25) is 17.6 Å². The van der Waals surface area contributed by atoms with Crippen molar-refractivity contribution in [2.24, 2.45) is 0 Å². The van der Waals surface area contributed by atoms with E-state index in [0.29, 0.717) is 10.7 Å². The summed E-state index contributed by atoms with van der Waals surface area (Å²) in [4.78, 5) is 16.1. The standard InChI is InChI=1S/C18H12Cl2F3N3O2/c19-12-5-2-6-13(16(12)20)24-14(27)7-8-15-25-17(26-28-15)10-3-1-4-11(9-10)18(21,22)23/h1-6,9H,7-8H2,(H,24,27). The number of benzene rings is 2. The van der Waals surface area contributed by atoms with Gasteiger partial charge in [-0.05, 0) is 24.3 Å². The molecule has 1 heterocycles. The van der Waals surface area contributed by atoms with Crippen LogP contribution in [0.25, 0.3) is 11.4 Å². The van der Waals surface area contributed by atoms with Gasteiger partial charge in [-0.3, -0.25) is 4.79 Å². The Labute approximate surface area is 167 Å². The molecule has 0 aliphatic carbocycles. The van der Waals surface area contributed by atoms with Crippen molar-refractivity contribution < 1.29 is 22.5 Å². The lowest BCUT2D eigenvalue weighted by molar-refractivity contribution is -0.137. The monoisotopic (exact) mass is 429 g/mol. The zero-order valence-electron chi connectivity index (χ0n) is 14.1. The average molecular weight is 430 g/mol. The molecular weight excluding hydrogens is 418 g/mol. The maximum Gasteiger partial charge on any atom is 0.416 e. The Bertz CT molecular complexity index is 1010. The van der Waals surface area contributed by atoms with E-state index in [4.69, 9.17) is 27.7 Å². The van der Waals surface area contributed by atoms with Crippen molar-refractivity contribution in [3.8, 4) is 11.4 Å². The van der Waals surface area contributed by atoms with Gasteiger partial charge in [-0.15, -0.1) is 0 Å². The molecule has 2 aromatic carbocycles. The molecule has 0 fully saturated rings. The lowest BCUT2D eigenvalue weighted by atomic mass is 10.1. The van der Waals surface area contributed by atoms with Crippen LogP contribution in [0.2, 0.25) is 10.0 Å². The van der Waals surface area contributed by atoms with E-state index in [1.165, 1.54) is 12.1 Å². The van der Waals surface area contributed by atoms with E-state index in [0.717, 1.165) is 12.1 Å². The van der Waals surface area contributed by atoms with Crippen molar-refractivity contribution >= 4 is 34.8 Å². The van der Waals surface area contributed by atoms with Crippen LogP contribution in [0.1, 0.15) is 17.9 Å². The number of rotatable bonds is 5. The van der Waals surface area contributed by atoms with E-state index in [9.17, 15) is 18.0 Å². The first-order chi connectivity index (χ1) is 13.2. The number of alkyl halides is 3. The molecule has 0 aliphatic rings. The summed E-state index contributed by atoms with van der Waals surface area (Å²) < 4.78 is 43.4. The van der Waals surface area contributed by atoms with Crippen molar-refractivity contribution in [3.05, 3.63) is 64.0 Å². The van der Waals surface area contributed by atoms with Gasteiger partial charge in [0, 0.05) is 18.4 Å². The fourth-order valence-electron chi connectivity index (χ4n) is 2.34. The molecule has 1 N–H and O–H groups in total. The molecule has 0 saturated carbocycles. The van der Waals surface area contributed by atoms with Crippen LogP contribution in [0.15, 0.2) is 47.0 Å². The molecule has 3 rings (SSSR count). The number of hydrogen-bond donors (Lipinski definition) is 1. The highest BCUT2D eigenvalue weighted by Gasteiger charge is 2.30. The summed E-state index contributed by atoms with van der Waals surface area (Å²) in [5, 5.41) is 6.82. The summed E-state index contributed by atoms with van der Waals surface area (Å²) >= 11 is 11.9. The minimum atomic E-state index is -4.47. The molecule has 0 saturated heterocycles. The molecule has 28 heavy (non-hydrogen) atoms. The zero-order valence-corrected chi connectivity index (χ0v) is 15.6. The Morgan fingerprint density at radius 3 is 2.64 bits per heavy atom. The van der Waals surface area contributed by atoms with E-state index >= 15 is 0 Å². The first-order valence-electron chi connectivity index (χ1n) is 7.98. The Hall–Kier alpha value is -2.58. The normalized spacial score (nSPS) is 11.5. The molecule has 0 bridgehead atoms. The zero-order chi connectivity index (χ0) is 20.3. The molecule has 0 spiro atoms. The minimum Gasteiger partial charge on any atom is -0.339 e. The van der Waals surface area contributed by atoms with E-state index < -0.39 is 11.7 Å². The fraction of sp³-hybridized carbons (Fsp3) is 0.167. The molecule has 3 aromatic rings. The highest BCUT2D eigenvalue weighted by molar-refractivity contribution is 6.43. The summed E-state index contributed by atoms with van der Waals surface area (Å²) in [5.74, 6) is -0.220. The molecule has 0 atom stereocenters. The maximum absolute atomic E-state index is 12.8. The predicted octanol–water partition coefficient (Wildman–Crippen LogP) is 5.63. The number of aryl methyl sites for hydroxylation is 1.